The summed E-state index contributed by atoms with van der Waals surface area (Å²) in [5.74, 6) is -0.945. The number of hydrogen-bond donors (Lipinski definition) is 1. The van der Waals surface area contributed by atoms with Crippen LogP contribution in [0, 0.1) is 0 Å². The Hall–Kier alpha value is -1.30. The van der Waals surface area contributed by atoms with Crippen molar-refractivity contribution >= 4 is 12.0 Å². The van der Waals surface area contributed by atoms with Crippen molar-refractivity contribution in [3.63, 3.8) is 0 Å². The van der Waals surface area contributed by atoms with E-state index in [-0.39, 0.29) is 6.03 Å². The van der Waals surface area contributed by atoms with Crippen LogP contribution in [0.15, 0.2) is 0 Å². The highest BCUT2D eigenvalue weighted by molar-refractivity contribution is 5.82. The Labute approximate surface area is 115 Å². The summed E-state index contributed by atoms with van der Waals surface area (Å²) in [6, 6.07) is -0.566. The summed E-state index contributed by atoms with van der Waals surface area (Å²) in [4.78, 5) is 28.7. The Morgan fingerprint density at radius 3 is 2.47 bits per heavy atom. The minimum absolute atomic E-state index is 0.180. The first-order valence-corrected chi connectivity index (χ1v) is 6.79. The lowest BCUT2D eigenvalue weighted by atomic mass is 10.1. The highest BCUT2D eigenvalue weighted by Crippen LogP contribution is 2.16. The van der Waals surface area contributed by atoms with Crippen molar-refractivity contribution in [3.8, 4) is 0 Å². The summed E-state index contributed by atoms with van der Waals surface area (Å²) in [5.41, 5.74) is 0. The van der Waals surface area contributed by atoms with Crippen molar-refractivity contribution in [2.45, 2.75) is 38.3 Å². The molecule has 2 atom stereocenters. The van der Waals surface area contributed by atoms with Crippen LogP contribution >= 0.6 is 0 Å². The van der Waals surface area contributed by atoms with Gasteiger partial charge in [-0.1, -0.05) is 6.92 Å². The minimum atomic E-state index is -0.945. The number of carboxylic acid groups (broad SMARTS) is 1. The average Bonchev–Trinajstić information content (AvgIpc) is 2.38. The third-order valence-electron chi connectivity index (χ3n) is 3.84. The van der Waals surface area contributed by atoms with Gasteiger partial charge >= 0.3 is 12.0 Å². The number of carbonyl (C=O) groups is 2. The number of likely N-dealkylation sites (tertiary alicyclic amines) is 1. The highest BCUT2D eigenvalue weighted by atomic mass is 16.4. The molecule has 6 heteroatoms. The number of carboxylic acids is 1. The summed E-state index contributed by atoms with van der Waals surface area (Å²) >= 11 is 0. The number of rotatable bonds is 4. The number of piperidine rings is 1. The summed E-state index contributed by atoms with van der Waals surface area (Å²) in [5, 5.41) is 9.11. The van der Waals surface area contributed by atoms with Gasteiger partial charge in [0, 0.05) is 26.2 Å². The van der Waals surface area contributed by atoms with Crippen LogP contribution in [0.3, 0.4) is 0 Å². The predicted molar refractivity (Wildman–Crippen MR) is 73.2 cm³/mol. The molecule has 1 N–H and O–H groups in total. The molecule has 1 fully saturated rings. The van der Waals surface area contributed by atoms with Gasteiger partial charge in [-0.2, -0.15) is 0 Å². The van der Waals surface area contributed by atoms with Crippen LogP contribution in [0.25, 0.3) is 0 Å². The third kappa shape index (κ3) is 3.83. The molecular weight excluding hydrogens is 246 g/mol. The van der Waals surface area contributed by atoms with E-state index in [9.17, 15) is 9.59 Å². The van der Waals surface area contributed by atoms with Crippen LogP contribution in [0.2, 0.25) is 0 Å². The lowest BCUT2D eigenvalue weighted by molar-refractivity contribution is -0.142. The summed E-state index contributed by atoms with van der Waals surface area (Å²) < 4.78 is 0. The van der Waals surface area contributed by atoms with Gasteiger partial charge in [0.2, 0.25) is 0 Å². The lowest BCUT2D eigenvalue weighted by Crippen LogP contribution is -2.54. The third-order valence-corrected chi connectivity index (χ3v) is 3.84. The molecule has 1 aliphatic rings. The normalized spacial score (nSPS) is 21.3. The second kappa shape index (κ2) is 6.75. The Balaban J connectivity index is 2.68. The van der Waals surface area contributed by atoms with Gasteiger partial charge in [-0.05, 0) is 33.4 Å². The maximum Gasteiger partial charge on any atom is 0.326 e. The van der Waals surface area contributed by atoms with Crippen LogP contribution in [0.4, 0.5) is 4.79 Å². The van der Waals surface area contributed by atoms with Crippen LogP contribution in [0.1, 0.15) is 26.2 Å². The van der Waals surface area contributed by atoms with Gasteiger partial charge in [-0.3, -0.25) is 0 Å². The van der Waals surface area contributed by atoms with Crippen molar-refractivity contribution in [2.24, 2.45) is 0 Å². The predicted octanol–water partition coefficient (Wildman–Crippen LogP) is 0.927. The van der Waals surface area contributed by atoms with Gasteiger partial charge in [0.1, 0.15) is 6.04 Å². The van der Waals surface area contributed by atoms with E-state index in [4.69, 9.17) is 5.11 Å². The van der Waals surface area contributed by atoms with Crippen LogP contribution in [0.5, 0.6) is 0 Å². The zero-order valence-corrected chi connectivity index (χ0v) is 12.3. The van der Waals surface area contributed by atoms with Crippen molar-refractivity contribution in [2.75, 3.05) is 34.2 Å². The fourth-order valence-corrected chi connectivity index (χ4v) is 2.52. The summed E-state index contributed by atoms with van der Waals surface area (Å²) in [6.45, 7) is 3.16. The van der Waals surface area contributed by atoms with E-state index >= 15 is 0 Å². The fraction of sp³-hybridized carbons (Fsp3) is 0.846. The van der Waals surface area contributed by atoms with E-state index in [0.29, 0.717) is 25.6 Å². The summed E-state index contributed by atoms with van der Waals surface area (Å²) in [7, 11) is 5.59. The Bertz CT molecular complexity index is 333. The van der Waals surface area contributed by atoms with Gasteiger partial charge in [-0.15, -0.1) is 0 Å². The molecule has 2 unspecified atom stereocenters. The SMILES string of the molecule is CCC(C(=O)O)N(C)C(=O)N1CCCC(N(C)C)C1. The second-order valence-electron chi connectivity index (χ2n) is 5.36. The van der Waals surface area contributed by atoms with Gasteiger partial charge in [0.05, 0.1) is 0 Å². The van der Waals surface area contributed by atoms with Crippen molar-refractivity contribution in [3.05, 3.63) is 0 Å². The smallest absolute Gasteiger partial charge is 0.326 e. The molecule has 1 heterocycles. The topological polar surface area (TPSA) is 64.1 Å². The molecule has 110 valence electrons. The molecule has 0 spiro atoms. The number of amides is 2. The molecule has 0 aromatic carbocycles. The lowest BCUT2D eigenvalue weighted by Gasteiger charge is -2.38. The molecule has 1 aliphatic heterocycles. The molecule has 0 radical (unpaired) electrons. The Morgan fingerprint density at radius 1 is 1.37 bits per heavy atom. The van der Waals surface area contributed by atoms with E-state index < -0.39 is 12.0 Å². The number of hydrogen-bond acceptors (Lipinski definition) is 3. The van der Waals surface area contributed by atoms with E-state index in [1.54, 1.807) is 18.9 Å². The second-order valence-corrected chi connectivity index (χ2v) is 5.36. The number of likely N-dealkylation sites (N-methyl/N-ethyl adjacent to an activating group) is 2. The molecule has 0 aliphatic carbocycles. The van der Waals surface area contributed by atoms with Crippen LogP contribution < -0.4 is 0 Å². The molecule has 0 aromatic heterocycles. The van der Waals surface area contributed by atoms with Gasteiger partial charge in [-0.25, -0.2) is 9.59 Å². The molecule has 19 heavy (non-hydrogen) atoms. The maximum absolute atomic E-state index is 12.3. The standard InChI is InChI=1S/C13H25N3O3/c1-5-11(12(17)18)15(4)13(19)16-8-6-7-10(9-16)14(2)3/h10-11H,5-9H2,1-4H3,(H,17,18). The quantitative estimate of drug-likeness (QED) is 0.826. The molecule has 2 amide bonds. The van der Waals surface area contributed by atoms with E-state index in [1.165, 1.54) is 4.90 Å². The molecule has 6 nitrogen and oxygen atoms in total. The number of urea groups is 1. The van der Waals surface area contributed by atoms with Crippen molar-refractivity contribution in [1.29, 1.82) is 0 Å². The first-order chi connectivity index (χ1) is 8.88. The Kier molecular flexibility index (Phi) is 5.60. The van der Waals surface area contributed by atoms with Crippen molar-refractivity contribution < 1.29 is 14.7 Å². The Morgan fingerprint density at radius 2 is 2.00 bits per heavy atom. The fourth-order valence-electron chi connectivity index (χ4n) is 2.52. The maximum atomic E-state index is 12.3. The van der Waals surface area contributed by atoms with E-state index in [1.807, 2.05) is 14.1 Å². The van der Waals surface area contributed by atoms with Crippen LogP contribution in [-0.4, -0.2) is 78.1 Å². The monoisotopic (exact) mass is 271 g/mol. The van der Waals surface area contributed by atoms with Gasteiger partial charge in [0.25, 0.3) is 0 Å². The zero-order valence-electron chi connectivity index (χ0n) is 12.3. The molecular formula is C13H25N3O3. The average molecular weight is 271 g/mol. The highest BCUT2D eigenvalue weighted by Gasteiger charge is 2.31. The van der Waals surface area contributed by atoms with E-state index in [0.717, 1.165) is 12.8 Å². The summed E-state index contributed by atoms with van der Waals surface area (Å²) in [6.07, 6.45) is 2.46. The largest absolute Gasteiger partial charge is 0.480 e. The molecule has 1 saturated heterocycles. The van der Waals surface area contributed by atoms with Gasteiger partial charge in [0.15, 0.2) is 0 Å². The molecule has 0 saturated carbocycles. The first-order valence-electron chi connectivity index (χ1n) is 6.79. The van der Waals surface area contributed by atoms with E-state index in [2.05, 4.69) is 4.90 Å². The molecule has 0 aromatic rings. The van der Waals surface area contributed by atoms with Crippen LogP contribution in [-0.2, 0) is 4.79 Å². The minimum Gasteiger partial charge on any atom is -0.480 e. The number of nitrogens with zero attached hydrogens (tertiary/aromatic N) is 3. The zero-order chi connectivity index (χ0) is 14.6. The molecule has 1 rings (SSSR count). The van der Waals surface area contributed by atoms with Crippen molar-refractivity contribution in [1.82, 2.24) is 14.7 Å². The number of aliphatic carboxylic acids is 1. The molecule has 0 bridgehead atoms. The number of carbonyl (C=O) groups excluding carboxylic acids is 1. The van der Waals surface area contributed by atoms with Gasteiger partial charge < -0.3 is 19.8 Å². The first kappa shape index (κ1) is 15.8.